The van der Waals surface area contributed by atoms with Crippen LogP contribution in [0.15, 0.2) is 94.6 Å². The molecule has 1 aliphatic rings. The summed E-state index contributed by atoms with van der Waals surface area (Å²) < 4.78 is 37.0. The van der Waals surface area contributed by atoms with Gasteiger partial charge >= 0.3 is 23.6 Å². The van der Waals surface area contributed by atoms with Crippen molar-refractivity contribution in [2.45, 2.75) is 102 Å². The number of carboxylic acids is 1. The summed E-state index contributed by atoms with van der Waals surface area (Å²) in [4.78, 5) is 75.3. The number of benzene rings is 3. The summed E-state index contributed by atoms with van der Waals surface area (Å²) in [5.74, 6) is 0.855. The highest BCUT2D eigenvalue weighted by molar-refractivity contribution is 8.76. The van der Waals surface area contributed by atoms with Gasteiger partial charge in [-0.2, -0.15) is 0 Å². The Bertz CT molecular complexity index is 2260. The van der Waals surface area contributed by atoms with Crippen LogP contribution >= 0.6 is 21.6 Å². The van der Waals surface area contributed by atoms with Crippen LogP contribution in [0.5, 0.6) is 11.5 Å². The lowest BCUT2D eigenvalue weighted by atomic mass is 9.80. The predicted molar refractivity (Wildman–Crippen MR) is 255 cm³/mol. The molecule has 1 aliphatic heterocycles. The molecule has 0 bridgehead atoms. The highest BCUT2D eigenvalue weighted by Gasteiger charge is 2.44. The Morgan fingerprint density at radius 3 is 2.01 bits per heavy atom. The van der Waals surface area contributed by atoms with E-state index in [1.54, 1.807) is 42.7 Å². The van der Waals surface area contributed by atoms with Crippen molar-refractivity contribution in [3.63, 3.8) is 0 Å². The number of rotatable bonds is 29. The average Bonchev–Trinajstić information content (AvgIpc) is 3.73. The van der Waals surface area contributed by atoms with Gasteiger partial charge in [0.1, 0.15) is 35.5 Å². The topological polar surface area (TPSA) is 211 Å². The van der Waals surface area contributed by atoms with Gasteiger partial charge in [0.05, 0.1) is 40.3 Å². The molecule has 3 unspecified atom stereocenters. The molecule has 1 fully saturated rings. The zero-order valence-corrected chi connectivity index (χ0v) is 39.9. The number of aryl methyl sites for hydroxylation is 1. The first-order valence-electron chi connectivity index (χ1n) is 22.5. The van der Waals surface area contributed by atoms with E-state index in [1.807, 2.05) is 78.9 Å². The van der Waals surface area contributed by atoms with E-state index < -0.39 is 53.2 Å². The third-order valence-corrected chi connectivity index (χ3v) is 13.7. The van der Waals surface area contributed by atoms with Gasteiger partial charge in [0.15, 0.2) is 0 Å². The fraction of sp³-hybridized carbons (Fsp3) is 0.469. The number of hydrogen-bond donors (Lipinski definition) is 3. The minimum Gasteiger partial charge on any atom is -0.497 e. The van der Waals surface area contributed by atoms with E-state index >= 15 is 0 Å². The van der Waals surface area contributed by atoms with Crippen LogP contribution in [-0.4, -0.2) is 96.2 Å². The second kappa shape index (κ2) is 27.3. The minimum atomic E-state index is -1.18. The van der Waals surface area contributed by atoms with Crippen LogP contribution in [0.4, 0.5) is 0 Å². The molecule has 18 heteroatoms. The van der Waals surface area contributed by atoms with Gasteiger partial charge in [-0.05, 0) is 80.0 Å². The first-order valence-corrected chi connectivity index (χ1v) is 25.0. The van der Waals surface area contributed by atoms with E-state index in [-0.39, 0.29) is 44.8 Å². The van der Waals surface area contributed by atoms with E-state index in [2.05, 4.69) is 10.3 Å². The minimum absolute atomic E-state index is 0.00433. The number of nitrogens with zero attached hydrogens (tertiary/aromatic N) is 1. The van der Waals surface area contributed by atoms with E-state index in [0.29, 0.717) is 55.0 Å². The van der Waals surface area contributed by atoms with E-state index in [9.17, 15) is 28.8 Å². The van der Waals surface area contributed by atoms with Crippen LogP contribution in [0, 0.1) is 6.92 Å². The fourth-order valence-corrected chi connectivity index (χ4v) is 9.68. The predicted octanol–water partition coefficient (Wildman–Crippen LogP) is 7.10. The number of ether oxygens (including phenoxy) is 6. The quantitative estimate of drug-likeness (QED) is 0.0215. The lowest BCUT2D eigenvalue weighted by Crippen LogP contribution is -2.39. The van der Waals surface area contributed by atoms with Gasteiger partial charge in [-0.25, -0.2) is 4.79 Å². The number of unbranched alkanes of at least 4 members (excludes halogenated alkanes) is 3. The molecule has 67 heavy (non-hydrogen) atoms. The van der Waals surface area contributed by atoms with Gasteiger partial charge in [0.25, 0.3) is 5.56 Å². The zero-order chi connectivity index (χ0) is 48.0. The molecule has 4 aromatic rings. The van der Waals surface area contributed by atoms with Gasteiger partial charge in [0, 0.05) is 49.1 Å². The van der Waals surface area contributed by atoms with Gasteiger partial charge in [-0.15, -0.1) is 0 Å². The third-order valence-electron chi connectivity index (χ3n) is 11.1. The highest BCUT2D eigenvalue weighted by atomic mass is 33.1. The summed E-state index contributed by atoms with van der Waals surface area (Å²) in [6.45, 7) is 2.38. The zero-order valence-electron chi connectivity index (χ0n) is 38.2. The Hall–Kier alpha value is -5.56. The molecule has 0 spiro atoms. The normalized spacial score (nSPS) is 15.7. The molecular weight excluding hydrogens is 903 g/mol. The number of carbonyl (C=O) groups is 4. The van der Waals surface area contributed by atoms with E-state index in [1.165, 1.54) is 10.8 Å². The van der Waals surface area contributed by atoms with Gasteiger partial charge in [0.2, 0.25) is 5.91 Å². The summed E-state index contributed by atoms with van der Waals surface area (Å²) in [6, 6.07) is 25.0. The molecule has 5 rings (SSSR count). The smallest absolute Gasteiger partial charge is 0.330 e. The molecule has 16 nitrogen and oxygen atoms in total. The molecule has 1 saturated heterocycles. The molecule has 1 aromatic heterocycles. The molecule has 3 aromatic carbocycles. The van der Waals surface area contributed by atoms with Crippen LogP contribution in [0.1, 0.15) is 99.1 Å². The SMILES string of the molecule is COc1ccc(C(OCC2OC(n3cc(C)c(=O)[nH]c3=O)CC2OC(=O)CCCSSCCCC(=O)NCCCCCCOC(=O)CCC(=O)O)(c2ccccc2)c2ccc(OC)cc2)cc1. The van der Waals surface area contributed by atoms with E-state index in [4.69, 9.17) is 33.5 Å². The molecule has 362 valence electrons. The molecule has 0 aliphatic carbocycles. The number of aromatic nitrogens is 2. The van der Waals surface area contributed by atoms with Crippen LogP contribution < -0.4 is 26.0 Å². The van der Waals surface area contributed by atoms with Crippen molar-refractivity contribution in [3.8, 4) is 11.5 Å². The Morgan fingerprint density at radius 2 is 1.39 bits per heavy atom. The Morgan fingerprint density at radius 1 is 0.776 bits per heavy atom. The number of amides is 1. The van der Waals surface area contributed by atoms with Crippen LogP contribution in [0.25, 0.3) is 0 Å². The molecule has 3 N–H and O–H groups in total. The summed E-state index contributed by atoms with van der Waals surface area (Å²) in [6.07, 6.45) is 3.84. The maximum absolute atomic E-state index is 13.4. The average molecular weight is 964 g/mol. The van der Waals surface area contributed by atoms with Crippen molar-refractivity contribution in [1.82, 2.24) is 14.9 Å². The van der Waals surface area contributed by atoms with Crippen molar-refractivity contribution in [2.24, 2.45) is 0 Å². The number of hydrogen-bond acceptors (Lipinski definition) is 14. The van der Waals surface area contributed by atoms with Crippen molar-refractivity contribution in [1.29, 1.82) is 0 Å². The number of aliphatic carboxylic acids is 1. The standard InChI is InChI=1S/C49H61N3O13S2/c1-34-32-52(48(59)51-47(34)58)43-31-40(65-46(57)16-12-30-67-66-29-11-15-42(53)50-27-9-4-5-10-28-62-45(56)26-25-44(54)55)41(64-43)33-63-49(35-13-7-6-8-14-35,36-17-21-38(60-2)22-18-36)37-19-23-39(61-3)24-20-37/h6-8,13-14,17-24,32,40-41,43H,4-5,9-12,15-16,25-31,33H2,1-3H3,(H,50,53)(H,54,55)(H,51,58,59). The number of nitrogens with one attached hydrogen (secondary N) is 2. The summed E-state index contributed by atoms with van der Waals surface area (Å²) in [5, 5.41) is 11.6. The van der Waals surface area contributed by atoms with Gasteiger partial charge in [-0.1, -0.05) is 82.6 Å². The largest absolute Gasteiger partial charge is 0.497 e. The summed E-state index contributed by atoms with van der Waals surface area (Å²) >= 11 is 0. The monoisotopic (exact) mass is 963 g/mol. The second-order valence-electron chi connectivity index (χ2n) is 15.9. The first-order chi connectivity index (χ1) is 32.4. The Balaban J connectivity index is 1.13. The van der Waals surface area contributed by atoms with Crippen molar-refractivity contribution >= 4 is 45.4 Å². The van der Waals surface area contributed by atoms with Gasteiger partial charge in [-0.3, -0.25) is 33.5 Å². The maximum atomic E-state index is 13.4. The molecule has 2 heterocycles. The summed E-state index contributed by atoms with van der Waals surface area (Å²) in [5.41, 5.74) is 0.437. The van der Waals surface area contributed by atoms with E-state index in [0.717, 1.165) is 41.7 Å². The lowest BCUT2D eigenvalue weighted by molar-refractivity contribution is -0.156. The second-order valence-corrected chi connectivity index (χ2v) is 18.6. The van der Waals surface area contributed by atoms with Crippen LogP contribution in [0.2, 0.25) is 0 Å². The van der Waals surface area contributed by atoms with Crippen molar-refractivity contribution < 1.29 is 52.7 Å². The number of aromatic amines is 1. The number of carboxylic acid groups (broad SMARTS) is 1. The molecule has 1 amide bonds. The number of methoxy groups -OCH3 is 2. The maximum Gasteiger partial charge on any atom is 0.330 e. The fourth-order valence-electron chi connectivity index (χ4n) is 7.50. The lowest BCUT2D eigenvalue weighted by Gasteiger charge is -2.37. The van der Waals surface area contributed by atoms with Crippen molar-refractivity contribution in [3.05, 3.63) is 128 Å². The number of carbonyl (C=O) groups excluding carboxylic acids is 3. The Labute approximate surface area is 398 Å². The number of H-pyrrole nitrogens is 1. The third kappa shape index (κ3) is 16.0. The first kappa shape index (κ1) is 52.4. The van der Waals surface area contributed by atoms with Gasteiger partial charge < -0.3 is 38.8 Å². The molecule has 3 atom stereocenters. The highest BCUT2D eigenvalue weighted by Crippen LogP contribution is 2.43. The van der Waals surface area contributed by atoms with Crippen molar-refractivity contribution in [2.75, 3.05) is 45.5 Å². The molecular formula is C49H61N3O13S2. The van der Waals surface area contributed by atoms with Crippen LogP contribution in [-0.2, 0) is 43.7 Å². The summed E-state index contributed by atoms with van der Waals surface area (Å²) in [7, 11) is 6.48. The molecule has 0 radical (unpaired) electrons. The Kier molecular flexibility index (Phi) is 21.4. The molecule has 0 saturated carbocycles. The number of esters is 2. The van der Waals surface area contributed by atoms with Crippen LogP contribution in [0.3, 0.4) is 0 Å².